The fourth-order valence-electron chi connectivity index (χ4n) is 2.49. The van der Waals surface area contributed by atoms with Gasteiger partial charge in [-0.05, 0) is 36.6 Å². The Kier molecular flexibility index (Phi) is 4.55. The third-order valence-corrected chi connectivity index (χ3v) is 3.54. The molecule has 1 aliphatic rings. The number of benzene rings is 1. The van der Waals surface area contributed by atoms with Crippen LogP contribution in [0.15, 0.2) is 18.2 Å². The van der Waals surface area contributed by atoms with Crippen molar-refractivity contribution in [1.82, 2.24) is 0 Å². The molecule has 1 unspecified atom stereocenters. The first-order chi connectivity index (χ1) is 9.41. The van der Waals surface area contributed by atoms with Crippen molar-refractivity contribution in [3.8, 4) is 0 Å². The normalized spacial score (nSPS) is 19.4. The van der Waals surface area contributed by atoms with Gasteiger partial charge in [0.1, 0.15) is 0 Å². The number of nitrogens with two attached hydrogens (primary N) is 1. The summed E-state index contributed by atoms with van der Waals surface area (Å²) in [6.45, 7) is 1.50. The minimum Gasteiger partial charge on any atom is -0.376 e. The van der Waals surface area contributed by atoms with Crippen LogP contribution in [0.4, 0.5) is 18.9 Å². The number of halogens is 3. The second-order valence-electron chi connectivity index (χ2n) is 5.06. The van der Waals surface area contributed by atoms with Gasteiger partial charge in [-0.25, -0.2) is 0 Å². The SMILES string of the molecule is CN(CC1CCCO1)c1ccc(C(F)(F)F)cc1CN. The Balaban J connectivity index is 2.17. The number of hydrogen-bond acceptors (Lipinski definition) is 3. The molecule has 1 saturated heterocycles. The third-order valence-electron chi connectivity index (χ3n) is 3.54. The molecule has 0 radical (unpaired) electrons. The van der Waals surface area contributed by atoms with Gasteiger partial charge in [0.05, 0.1) is 11.7 Å². The summed E-state index contributed by atoms with van der Waals surface area (Å²) < 4.78 is 43.6. The number of likely N-dealkylation sites (N-methyl/N-ethyl adjacent to an activating group) is 1. The van der Waals surface area contributed by atoms with Gasteiger partial charge in [0.15, 0.2) is 0 Å². The van der Waals surface area contributed by atoms with Crippen LogP contribution in [0.2, 0.25) is 0 Å². The number of alkyl halides is 3. The summed E-state index contributed by atoms with van der Waals surface area (Å²) in [5, 5.41) is 0. The average molecular weight is 288 g/mol. The Morgan fingerprint density at radius 3 is 2.70 bits per heavy atom. The highest BCUT2D eigenvalue weighted by molar-refractivity contribution is 5.55. The van der Waals surface area contributed by atoms with Crippen LogP contribution in [0.25, 0.3) is 0 Å². The molecule has 1 aromatic rings. The lowest BCUT2D eigenvalue weighted by atomic mass is 10.1. The molecule has 20 heavy (non-hydrogen) atoms. The van der Waals surface area contributed by atoms with E-state index in [0.717, 1.165) is 37.3 Å². The smallest absolute Gasteiger partial charge is 0.376 e. The lowest BCUT2D eigenvalue weighted by Gasteiger charge is -2.25. The molecule has 0 aromatic heterocycles. The minimum absolute atomic E-state index is 0.0785. The predicted octanol–water partition coefficient (Wildman–Crippen LogP) is 2.78. The Morgan fingerprint density at radius 2 is 2.15 bits per heavy atom. The molecule has 2 N–H and O–H groups in total. The maximum Gasteiger partial charge on any atom is 0.416 e. The summed E-state index contributed by atoms with van der Waals surface area (Å²) in [4.78, 5) is 1.92. The number of ether oxygens (including phenoxy) is 1. The lowest BCUT2D eigenvalue weighted by molar-refractivity contribution is -0.137. The van der Waals surface area contributed by atoms with Gasteiger partial charge in [-0.15, -0.1) is 0 Å². The average Bonchev–Trinajstić information content (AvgIpc) is 2.89. The standard InChI is InChI=1S/C14H19F3N2O/c1-19(9-12-3-2-6-20-12)13-5-4-11(14(15,16)17)7-10(13)8-18/h4-5,7,12H,2-3,6,8-9,18H2,1H3. The highest BCUT2D eigenvalue weighted by Gasteiger charge is 2.31. The molecule has 112 valence electrons. The maximum atomic E-state index is 12.7. The van der Waals surface area contributed by atoms with Gasteiger partial charge >= 0.3 is 6.18 Å². The van der Waals surface area contributed by atoms with E-state index in [1.54, 1.807) is 0 Å². The summed E-state index contributed by atoms with van der Waals surface area (Å²) in [7, 11) is 1.85. The summed E-state index contributed by atoms with van der Waals surface area (Å²) in [6, 6.07) is 3.71. The predicted molar refractivity (Wildman–Crippen MR) is 71.6 cm³/mol. The van der Waals surface area contributed by atoms with Gasteiger partial charge in [0.25, 0.3) is 0 Å². The van der Waals surface area contributed by atoms with Crippen molar-refractivity contribution < 1.29 is 17.9 Å². The molecule has 2 rings (SSSR count). The largest absolute Gasteiger partial charge is 0.416 e. The van der Waals surface area contributed by atoms with Crippen LogP contribution >= 0.6 is 0 Å². The third kappa shape index (κ3) is 3.43. The van der Waals surface area contributed by atoms with Crippen LogP contribution in [0.1, 0.15) is 24.0 Å². The van der Waals surface area contributed by atoms with Gasteiger partial charge in [0, 0.05) is 32.4 Å². The highest BCUT2D eigenvalue weighted by atomic mass is 19.4. The van der Waals surface area contributed by atoms with E-state index < -0.39 is 11.7 Å². The summed E-state index contributed by atoms with van der Waals surface area (Å²) in [5.74, 6) is 0. The molecule has 3 nitrogen and oxygen atoms in total. The van der Waals surface area contributed by atoms with Crippen molar-refractivity contribution in [3.63, 3.8) is 0 Å². The van der Waals surface area contributed by atoms with Crippen LogP contribution in [-0.2, 0) is 17.5 Å². The van der Waals surface area contributed by atoms with Crippen LogP contribution in [-0.4, -0.2) is 26.3 Å². The first-order valence-corrected chi connectivity index (χ1v) is 6.64. The van der Waals surface area contributed by atoms with Crippen molar-refractivity contribution >= 4 is 5.69 Å². The zero-order valence-corrected chi connectivity index (χ0v) is 11.4. The quantitative estimate of drug-likeness (QED) is 0.926. The van der Waals surface area contributed by atoms with Crippen molar-refractivity contribution in [2.24, 2.45) is 5.73 Å². The van der Waals surface area contributed by atoms with Crippen molar-refractivity contribution in [2.45, 2.75) is 31.7 Å². The lowest BCUT2D eigenvalue weighted by Crippen LogP contribution is -2.29. The van der Waals surface area contributed by atoms with Gasteiger partial charge < -0.3 is 15.4 Å². The molecule has 0 bridgehead atoms. The molecule has 0 spiro atoms. The first-order valence-electron chi connectivity index (χ1n) is 6.64. The number of rotatable bonds is 4. The summed E-state index contributed by atoms with van der Waals surface area (Å²) in [6.07, 6.45) is -2.17. The summed E-state index contributed by atoms with van der Waals surface area (Å²) in [5.41, 5.74) is 6.16. The Hall–Kier alpha value is -1.27. The fourth-order valence-corrected chi connectivity index (χ4v) is 2.49. The van der Waals surface area contributed by atoms with Crippen molar-refractivity contribution in [2.75, 3.05) is 25.1 Å². The van der Waals surface area contributed by atoms with Crippen LogP contribution < -0.4 is 10.6 Å². The van der Waals surface area contributed by atoms with E-state index >= 15 is 0 Å². The van der Waals surface area contributed by atoms with E-state index in [0.29, 0.717) is 12.1 Å². The Labute approximate surface area is 116 Å². The van der Waals surface area contributed by atoms with E-state index in [9.17, 15) is 13.2 Å². The van der Waals surface area contributed by atoms with Gasteiger partial charge in [0.2, 0.25) is 0 Å². The molecule has 1 fully saturated rings. The zero-order chi connectivity index (χ0) is 14.8. The van der Waals surface area contributed by atoms with Crippen LogP contribution in [0.5, 0.6) is 0 Å². The van der Waals surface area contributed by atoms with Crippen LogP contribution in [0.3, 0.4) is 0 Å². The minimum atomic E-state index is -4.34. The molecule has 1 aliphatic heterocycles. The monoisotopic (exact) mass is 288 g/mol. The number of nitrogens with zero attached hydrogens (tertiary/aromatic N) is 1. The molecule has 1 atom stereocenters. The number of hydrogen-bond donors (Lipinski definition) is 1. The van der Waals surface area contributed by atoms with Crippen molar-refractivity contribution in [1.29, 1.82) is 0 Å². The first kappa shape index (κ1) is 15.1. The van der Waals surface area contributed by atoms with E-state index in [1.807, 2.05) is 11.9 Å². The Bertz CT molecular complexity index is 456. The van der Waals surface area contributed by atoms with Crippen molar-refractivity contribution in [3.05, 3.63) is 29.3 Å². The highest BCUT2D eigenvalue weighted by Crippen LogP contribution is 2.32. The molecule has 0 aliphatic carbocycles. The molecular weight excluding hydrogens is 269 g/mol. The maximum absolute atomic E-state index is 12.7. The fraction of sp³-hybridized carbons (Fsp3) is 0.571. The molecule has 0 saturated carbocycles. The zero-order valence-electron chi connectivity index (χ0n) is 11.4. The molecule has 1 heterocycles. The van der Waals surface area contributed by atoms with E-state index in [-0.39, 0.29) is 12.6 Å². The van der Waals surface area contributed by atoms with E-state index in [4.69, 9.17) is 10.5 Å². The second kappa shape index (κ2) is 6.01. The molecule has 6 heteroatoms. The van der Waals surface area contributed by atoms with Gasteiger partial charge in [-0.2, -0.15) is 13.2 Å². The topological polar surface area (TPSA) is 38.5 Å². The second-order valence-corrected chi connectivity index (χ2v) is 5.06. The van der Waals surface area contributed by atoms with Gasteiger partial charge in [-0.3, -0.25) is 0 Å². The molecule has 1 aromatic carbocycles. The molecule has 0 amide bonds. The van der Waals surface area contributed by atoms with E-state index in [1.165, 1.54) is 6.07 Å². The van der Waals surface area contributed by atoms with Gasteiger partial charge in [-0.1, -0.05) is 0 Å². The summed E-state index contributed by atoms with van der Waals surface area (Å²) >= 11 is 0. The molecular formula is C14H19F3N2O. The number of anilines is 1. The van der Waals surface area contributed by atoms with Crippen LogP contribution in [0, 0.1) is 0 Å². The van der Waals surface area contributed by atoms with E-state index in [2.05, 4.69) is 0 Å². The Morgan fingerprint density at radius 1 is 1.40 bits per heavy atom.